The van der Waals surface area contributed by atoms with Gasteiger partial charge in [-0.1, -0.05) is 0 Å². The van der Waals surface area contributed by atoms with Crippen molar-refractivity contribution in [2.75, 3.05) is 13.7 Å². The van der Waals surface area contributed by atoms with Crippen LogP contribution in [0.2, 0.25) is 0 Å². The minimum absolute atomic E-state index is 0.650. The molecular formula is C3H5F4O3P. The molecule has 0 aromatic carbocycles. The molecule has 0 aromatic rings. The zero-order valence-electron chi connectivity index (χ0n) is 5.39. The standard InChI is InChI=1S/C3H5F4O3P/c1-9-11(7,8)10-2-3(4,5)6/h2H2,1H3. The van der Waals surface area contributed by atoms with Gasteiger partial charge in [-0.2, -0.15) is 13.2 Å². The van der Waals surface area contributed by atoms with Crippen molar-refractivity contribution in [1.29, 1.82) is 0 Å². The van der Waals surface area contributed by atoms with Crippen molar-refractivity contribution in [1.82, 2.24) is 0 Å². The van der Waals surface area contributed by atoms with Gasteiger partial charge in [-0.25, -0.2) is 4.57 Å². The van der Waals surface area contributed by atoms with E-state index < -0.39 is 20.7 Å². The van der Waals surface area contributed by atoms with E-state index in [0.717, 1.165) is 0 Å². The highest BCUT2D eigenvalue weighted by Crippen LogP contribution is 2.49. The summed E-state index contributed by atoms with van der Waals surface area (Å²) < 4.78 is 62.5. The Bertz CT molecular complexity index is 166. The maximum atomic E-state index is 12.0. The molecule has 0 fully saturated rings. The lowest BCUT2D eigenvalue weighted by Gasteiger charge is -2.08. The van der Waals surface area contributed by atoms with E-state index in [-0.39, 0.29) is 0 Å². The Morgan fingerprint density at radius 1 is 1.45 bits per heavy atom. The summed E-state index contributed by atoms with van der Waals surface area (Å²) in [5.74, 6) is 0. The van der Waals surface area contributed by atoms with Crippen LogP contribution in [0.3, 0.4) is 0 Å². The summed E-state index contributed by atoms with van der Waals surface area (Å²) in [4.78, 5) is 0. The third-order valence-corrected chi connectivity index (χ3v) is 1.47. The topological polar surface area (TPSA) is 35.5 Å². The van der Waals surface area contributed by atoms with Crippen LogP contribution in [0.5, 0.6) is 0 Å². The summed E-state index contributed by atoms with van der Waals surface area (Å²) >= 11 is 0. The van der Waals surface area contributed by atoms with Crippen molar-refractivity contribution in [2.24, 2.45) is 0 Å². The minimum Gasteiger partial charge on any atom is -0.287 e. The van der Waals surface area contributed by atoms with E-state index in [1.165, 1.54) is 0 Å². The summed E-state index contributed by atoms with van der Waals surface area (Å²) in [6, 6.07) is 0. The number of alkyl halides is 3. The molecule has 0 N–H and O–H groups in total. The zero-order chi connectivity index (χ0) is 9.12. The maximum Gasteiger partial charge on any atom is 0.513 e. The molecule has 68 valence electrons. The van der Waals surface area contributed by atoms with Crippen LogP contribution >= 0.6 is 7.91 Å². The van der Waals surface area contributed by atoms with E-state index in [0.29, 0.717) is 7.11 Å². The highest BCUT2D eigenvalue weighted by molar-refractivity contribution is 7.48. The largest absolute Gasteiger partial charge is 0.513 e. The molecular weight excluding hydrogens is 191 g/mol. The normalized spacial score (nSPS) is 17.9. The first-order valence-corrected chi connectivity index (χ1v) is 3.77. The Balaban J connectivity index is 3.80. The first kappa shape index (κ1) is 10.9. The Kier molecular flexibility index (Phi) is 3.47. The van der Waals surface area contributed by atoms with Gasteiger partial charge in [0.25, 0.3) is 0 Å². The van der Waals surface area contributed by atoms with Crippen molar-refractivity contribution < 1.29 is 31.0 Å². The van der Waals surface area contributed by atoms with Gasteiger partial charge in [0.15, 0.2) is 6.61 Å². The molecule has 8 heteroatoms. The second-order valence-corrected chi connectivity index (χ2v) is 2.99. The van der Waals surface area contributed by atoms with E-state index in [1.807, 2.05) is 0 Å². The minimum atomic E-state index is -4.99. The molecule has 0 spiro atoms. The third-order valence-electron chi connectivity index (χ3n) is 0.600. The first-order valence-electron chi connectivity index (χ1n) is 2.33. The molecule has 0 aliphatic carbocycles. The van der Waals surface area contributed by atoms with Gasteiger partial charge in [0.2, 0.25) is 0 Å². The molecule has 11 heavy (non-hydrogen) atoms. The molecule has 0 amide bonds. The fourth-order valence-corrected chi connectivity index (χ4v) is 0.609. The molecule has 0 saturated heterocycles. The Hall–Kier alpha value is -0.130. The SMILES string of the molecule is COP(=O)(F)OCC(F)(F)F. The molecule has 0 radical (unpaired) electrons. The van der Waals surface area contributed by atoms with Crippen molar-refractivity contribution in [2.45, 2.75) is 6.18 Å². The van der Waals surface area contributed by atoms with Crippen molar-refractivity contribution >= 4 is 7.91 Å². The van der Waals surface area contributed by atoms with E-state index in [4.69, 9.17) is 0 Å². The molecule has 0 aromatic heterocycles. The second-order valence-electron chi connectivity index (χ2n) is 1.50. The van der Waals surface area contributed by atoms with Gasteiger partial charge < -0.3 is 0 Å². The predicted molar refractivity (Wildman–Crippen MR) is 27.7 cm³/mol. The molecule has 0 rings (SSSR count). The molecule has 1 unspecified atom stereocenters. The van der Waals surface area contributed by atoms with Gasteiger partial charge in [-0.15, -0.1) is 4.20 Å². The highest BCUT2D eigenvalue weighted by Gasteiger charge is 2.34. The number of rotatable bonds is 3. The average Bonchev–Trinajstić information content (AvgIpc) is 1.83. The molecule has 0 bridgehead atoms. The van der Waals surface area contributed by atoms with Gasteiger partial charge >= 0.3 is 14.1 Å². The van der Waals surface area contributed by atoms with Gasteiger partial charge in [0.05, 0.1) is 0 Å². The quantitative estimate of drug-likeness (QED) is 0.513. The zero-order valence-corrected chi connectivity index (χ0v) is 6.29. The Morgan fingerprint density at radius 2 is 1.91 bits per heavy atom. The van der Waals surface area contributed by atoms with Crippen LogP contribution < -0.4 is 0 Å². The lowest BCUT2D eigenvalue weighted by Crippen LogP contribution is -2.15. The lowest BCUT2D eigenvalue weighted by molar-refractivity contribution is -0.156. The highest BCUT2D eigenvalue weighted by atomic mass is 31.2. The van der Waals surface area contributed by atoms with Crippen LogP contribution in [-0.2, 0) is 13.6 Å². The fourth-order valence-electron chi connectivity index (χ4n) is 0.203. The first-order chi connectivity index (χ1) is 4.77. The Morgan fingerprint density at radius 3 is 2.18 bits per heavy atom. The predicted octanol–water partition coefficient (Wildman–Crippen LogP) is 2.29. The van der Waals surface area contributed by atoms with E-state index in [2.05, 4.69) is 9.05 Å². The summed E-state index contributed by atoms with van der Waals surface area (Å²) in [6.07, 6.45) is -4.71. The van der Waals surface area contributed by atoms with Crippen LogP contribution in [0.25, 0.3) is 0 Å². The van der Waals surface area contributed by atoms with Gasteiger partial charge in [-0.05, 0) is 0 Å². The monoisotopic (exact) mass is 196 g/mol. The molecule has 0 heterocycles. The van der Waals surface area contributed by atoms with E-state index in [9.17, 15) is 21.9 Å². The Labute approximate surface area is 59.9 Å². The van der Waals surface area contributed by atoms with Gasteiger partial charge in [0.1, 0.15) is 0 Å². The van der Waals surface area contributed by atoms with Gasteiger partial charge in [-0.3, -0.25) is 9.05 Å². The summed E-state index contributed by atoms with van der Waals surface area (Å²) in [5.41, 5.74) is 0. The smallest absolute Gasteiger partial charge is 0.287 e. The second kappa shape index (κ2) is 3.51. The van der Waals surface area contributed by atoms with Gasteiger partial charge in [0, 0.05) is 7.11 Å². The number of hydrogen-bond acceptors (Lipinski definition) is 3. The lowest BCUT2D eigenvalue weighted by atomic mass is 10.7. The van der Waals surface area contributed by atoms with Crippen molar-refractivity contribution in [3.63, 3.8) is 0 Å². The molecule has 0 aliphatic rings. The van der Waals surface area contributed by atoms with Crippen LogP contribution in [0, 0.1) is 0 Å². The third kappa shape index (κ3) is 6.28. The summed E-state index contributed by atoms with van der Waals surface area (Å²) in [5, 5.41) is 0. The average molecular weight is 196 g/mol. The summed E-state index contributed by atoms with van der Waals surface area (Å²) in [7, 11) is -4.34. The number of halogens is 4. The van der Waals surface area contributed by atoms with E-state index in [1.54, 1.807) is 0 Å². The summed E-state index contributed by atoms with van der Waals surface area (Å²) in [6.45, 7) is -1.92. The van der Waals surface area contributed by atoms with E-state index >= 15 is 0 Å². The number of hydrogen-bond donors (Lipinski definition) is 0. The van der Waals surface area contributed by atoms with Crippen molar-refractivity contribution in [3.8, 4) is 0 Å². The van der Waals surface area contributed by atoms with Crippen LogP contribution in [0.1, 0.15) is 0 Å². The van der Waals surface area contributed by atoms with Crippen LogP contribution in [-0.4, -0.2) is 19.9 Å². The molecule has 1 atom stereocenters. The van der Waals surface area contributed by atoms with Crippen LogP contribution in [0.15, 0.2) is 0 Å². The fraction of sp³-hybridized carbons (Fsp3) is 1.00. The van der Waals surface area contributed by atoms with Crippen LogP contribution in [0.4, 0.5) is 17.4 Å². The maximum absolute atomic E-state index is 12.0. The van der Waals surface area contributed by atoms with Crippen molar-refractivity contribution in [3.05, 3.63) is 0 Å². The molecule has 0 aliphatic heterocycles. The molecule has 0 saturated carbocycles. The molecule has 3 nitrogen and oxygen atoms in total.